The van der Waals surface area contributed by atoms with E-state index in [0.29, 0.717) is 15.7 Å². The minimum atomic E-state index is -0.636. The molecule has 1 aromatic carbocycles. The molecule has 1 amide bonds. The van der Waals surface area contributed by atoms with Crippen molar-refractivity contribution in [2.24, 2.45) is 0 Å². The van der Waals surface area contributed by atoms with Crippen molar-refractivity contribution in [2.45, 2.75) is 11.9 Å². The van der Waals surface area contributed by atoms with Gasteiger partial charge in [-0.1, -0.05) is 17.7 Å². The smallest absolute Gasteiger partial charge is 0.234 e. The van der Waals surface area contributed by atoms with E-state index in [-0.39, 0.29) is 17.8 Å². The van der Waals surface area contributed by atoms with Crippen molar-refractivity contribution in [2.75, 3.05) is 5.75 Å². The first kappa shape index (κ1) is 14.8. The predicted octanol–water partition coefficient (Wildman–Crippen LogP) is 4.45. The average Bonchev–Trinajstić information content (AvgIpc) is 3.00. The highest BCUT2D eigenvalue weighted by molar-refractivity contribution is 8.00. The van der Waals surface area contributed by atoms with Crippen molar-refractivity contribution in [1.29, 1.82) is 0 Å². The van der Waals surface area contributed by atoms with Crippen LogP contribution in [-0.4, -0.2) is 16.6 Å². The van der Waals surface area contributed by atoms with Gasteiger partial charge in [0.15, 0.2) is 0 Å². The summed E-state index contributed by atoms with van der Waals surface area (Å²) in [6, 6.07) is 7.06. The Morgan fingerprint density at radius 2 is 2.10 bits per heavy atom. The summed E-state index contributed by atoms with van der Waals surface area (Å²) >= 11 is 8.82. The van der Waals surface area contributed by atoms with Crippen LogP contribution in [0.5, 0.6) is 0 Å². The van der Waals surface area contributed by atoms with Crippen LogP contribution >= 0.6 is 34.7 Å². The van der Waals surface area contributed by atoms with Crippen LogP contribution in [0.25, 0.3) is 0 Å². The third-order valence-corrected chi connectivity index (χ3v) is 5.83. The first-order chi connectivity index (χ1) is 10.0. The van der Waals surface area contributed by atoms with Crippen molar-refractivity contribution in [3.05, 3.63) is 56.7 Å². The van der Waals surface area contributed by atoms with E-state index in [9.17, 15) is 13.6 Å². The van der Waals surface area contributed by atoms with E-state index >= 15 is 0 Å². The summed E-state index contributed by atoms with van der Waals surface area (Å²) in [5, 5.41) is -0.167. The molecule has 0 radical (unpaired) electrons. The molecule has 0 spiro atoms. The third-order valence-electron chi connectivity index (χ3n) is 3.16. The predicted molar refractivity (Wildman–Crippen MR) is 81.4 cm³/mol. The van der Waals surface area contributed by atoms with Crippen LogP contribution in [0.15, 0.2) is 30.3 Å². The lowest BCUT2D eigenvalue weighted by Crippen LogP contribution is -2.27. The molecule has 0 bridgehead atoms. The van der Waals surface area contributed by atoms with Crippen LogP contribution in [0.3, 0.4) is 0 Å². The monoisotopic (exact) mass is 345 g/mol. The van der Waals surface area contributed by atoms with E-state index in [1.807, 2.05) is 6.07 Å². The van der Waals surface area contributed by atoms with E-state index in [1.165, 1.54) is 35.2 Å². The molecule has 2 aromatic rings. The van der Waals surface area contributed by atoms with Crippen LogP contribution in [0.4, 0.5) is 8.78 Å². The highest BCUT2D eigenvalue weighted by atomic mass is 35.5. The van der Waals surface area contributed by atoms with Gasteiger partial charge in [-0.15, -0.1) is 23.1 Å². The average molecular weight is 346 g/mol. The molecule has 21 heavy (non-hydrogen) atoms. The number of benzene rings is 1. The standard InChI is InChI=1S/C14H10ClF2NOS2/c15-12-4-3-11(21-12)14-18(13(19)7-20-14)6-8-1-2-9(16)5-10(8)17/h1-5,14H,6-7H2. The zero-order valence-electron chi connectivity index (χ0n) is 10.7. The molecule has 1 unspecified atom stereocenters. The largest absolute Gasteiger partial charge is 0.321 e. The normalized spacial score (nSPS) is 18.5. The molecule has 2 heterocycles. The quantitative estimate of drug-likeness (QED) is 0.819. The van der Waals surface area contributed by atoms with E-state index in [4.69, 9.17) is 11.6 Å². The van der Waals surface area contributed by atoms with Gasteiger partial charge in [-0.05, 0) is 18.2 Å². The molecular weight excluding hydrogens is 336 g/mol. The van der Waals surface area contributed by atoms with Crippen molar-refractivity contribution in [3.63, 3.8) is 0 Å². The molecule has 1 fully saturated rings. The summed E-state index contributed by atoms with van der Waals surface area (Å²) in [6.07, 6.45) is 0. The SMILES string of the molecule is O=C1CSC(c2ccc(Cl)s2)N1Cc1ccc(F)cc1F. The van der Waals surface area contributed by atoms with Gasteiger partial charge in [0.05, 0.1) is 16.6 Å². The number of nitrogens with zero attached hydrogens (tertiary/aromatic N) is 1. The first-order valence-electron chi connectivity index (χ1n) is 6.15. The number of hydrogen-bond acceptors (Lipinski definition) is 3. The Balaban J connectivity index is 1.86. The van der Waals surface area contributed by atoms with Crippen molar-refractivity contribution in [3.8, 4) is 0 Å². The number of thioether (sulfide) groups is 1. The molecule has 0 N–H and O–H groups in total. The topological polar surface area (TPSA) is 20.3 Å². The van der Waals surface area contributed by atoms with Crippen LogP contribution in [0.2, 0.25) is 4.34 Å². The maximum atomic E-state index is 13.8. The van der Waals surface area contributed by atoms with Gasteiger partial charge in [0.1, 0.15) is 17.0 Å². The molecule has 1 aliphatic rings. The lowest BCUT2D eigenvalue weighted by Gasteiger charge is -2.23. The fraction of sp³-hybridized carbons (Fsp3) is 0.214. The Morgan fingerprint density at radius 1 is 1.29 bits per heavy atom. The molecule has 1 atom stereocenters. The number of thiophene rings is 1. The van der Waals surface area contributed by atoms with Gasteiger partial charge in [-0.25, -0.2) is 8.78 Å². The molecule has 3 rings (SSSR count). The number of hydrogen-bond donors (Lipinski definition) is 0. The minimum Gasteiger partial charge on any atom is -0.321 e. The molecule has 0 saturated carbocycles. The van der Waals surface area contributed by atoms with Crippen molar-refractivity contribution in [1.82, 2.24) is 4.90 Å². The molecule has 0 aliphatic carbocycles. The van der Waals surface area contributed by atoms with E-state index < -0.39 is 11.6 Å². The first-order valence-corrected chi connectivity index (χ1v) is 8.39. The summed E-state index contributed by atoms with van der Waals surface area (Å²) in [4.78, 5) is 14.6. The second kappa shape index (κ2) is 5.94. The second-order valence-electron chi connectivity index (χ2n) is 4.56. The lowest BCUT2D eigenvalue weighted by molar-refractivity contribution is -0.128. The zero-order chi connectivity index (χ0) is 15.0. The van der Waals surface area contributed by atoms with Gasteiger partial charge in [-0.3, -0.25) is 4.79 Å². The Kier molecular flexibility index (Phi) is 4.19. The lowest BCUT2D eigenvalue weighted by atomic mass is 10.2. The van der Waals surface area contributed by atoms with Crippen molar-refractivity contribution < 1.29 is 13.6 Å². The maximum Gasteiger partial charge on any atom is 0.234 e. The number of amides is 1. The molecule has 1 saturated heterocycles. The fourth-order valence-electron chi connectivity index (χ4n) is 2.16. The van der Waals surface area contributed by atoms with Crippen LogP contribution in [0.1, 0.15) is 15.8 Å². The molecule has 2 nitrogen and oxygen atoms in total. The van der Waals surface area contributed by atoms with Gasteiger partial charge in [-0.2, -0.15) is 0 Å². The molecule has 110 valence electrons. The summed E-state index contributed by atoms with van der Waals surface area (Å²) in [7, 11) is 0. The second-order valence-corrected chi connectivity index (χ2v) is 7.38. The summed E-state index contributed by atoms with van der Waals surface area (Å²) in [5.74, 6) is -0.968. The molecule has 1 aliphatic heterocycles. The van der Waals surface area contributed by atoms with Crippen LogP contribution in [-0.2, 0) is 11.3 Å². The highest BCUT2D eigenvalue weighted by Crippen LogP contribution is 2.43. The summed E-state index contributed by atoms with van der Waals surface area (Å²) in [6.45, 7) is 0.123. The van der Waals surface area contributed by atoms with Crippen LogP contribution in [0, 0.1) is 11.6 Å². The molecule has 7 heteroatoms. The Bertz CT molecular complexity index is 691. The minimum absolute atomic E-state index is 0.0572. The third kappa shape index (κ3) is 3.07. The Labute approximate surface area is 133 Å². The van der Waals surface area contributed by atoms with Gasteiger partial charge < -0.3 is 4.90 Å². The maximum absolute atomic E-state index is 13.8. The van der Waals surface area contributed by atoms with E-state index in [2.05, 4.69) is 0 Å². The Morgan fingerprint density at radius 3 is 2.76 bits per heavy atom. The molecular formula is C14H10ClF2NOS2. The number of carbonyl (C=O) groups excluding carboxylic acids is 1. The summed E-state index contributed by atoms with van der Waals surface area (Å²) < 4.78 is 27.4. The van der Waals surface area contributed by atoms with Gasteiger partial charge >= 0.3 is 0 Å². The highest BCUT2D eigenvalue weighted by Gasteiger charge is 2.34. The van der Waals surface area contributed by atoms with Gasteiger partial charge in [0, 0.05) is 16.5 Å². The number of rotatable bonds is 3. The van der Waals surface area contributed by atoms with Gasteiger partial charge in [0.2, 0.25) is 5.91 Å². The number of halogens is 3. The molecule has 1 aromatic heterocycles. The van der Waals surface area contributed by atoms with E-state index in [1.54, 1.807) is 11.0 Å². The Hall–Kier alpha value is -1.11. The van der Waals surface area contributed by atoms with E-state index in [0.717, 1.165) is 10.9 Å². The fourth-order valence-corrected chi connectivity index (χ4v) is 4.64. The number of carbonyl (C=O) groups is 1. The van der Waals surface area contributed by atoms with Crippen molar-refractivity contribution >= 4 is 40.6 Å². The van der Waals surface area contributed by atoms with Gasteiger partial charge in [0.25, 0.3) is 0 Å². The summed E-state index contributed by atoms with van der Waals surface area (Å²) in [5.41, 5.74) is 0.305. The van der Waals surface area contributed by atoms with Crippen LogP contribution < -0.4 is 0 Å². The zero-order valence-corrected chi connectivity index (χ0v) is 13.1.